The summed E-state index contributed by atoms with van der Waals surface area (Å²) in [6.07, 6.45) is -10.4. The predicted octanol–water partition coefficient (Wildman–Crippen LogP) is 5.73. The Bertz CT molecular complexity index is 938. The number of nitro groups is 1. The molecule has 11 heteroatoms. The first-order valence-corrected chi connectivity index (χ1v) is 10.2. The van der Waals surface area contributed by atoms with Gasteiger partial charge in [0.1, 0.15) is 0 Å². The largest absolute Gasteiger partial charge is 0.416 e. The average molecular weight is 476 g/mol. The highest BCUT2D eigenvalue weighted by molar-refractivity contribution is 5.35. The summed E-state index contributed by atoms with van der Waals surface area (Å²) in [4.78, 5) is 10.7. The Morgan fingerprint density at radius 1 is 1.09 bits per heavy atom. The van der Waals surface area contributed by atoms with Crippen LogP contribution in [0.25, 0.3) is 0 Å². The van der Waals surface area contributed by atoms with E-state index >= 15 is 0 Å². The van der Waals surface area contributed by atoms with Gasteiger partial charge < -0.3 is 4.74 Å². The maximum absolute atomic E-state index is 13.2. The second-order valence-corrected chi connectivity index (χ2v) is 8.10. The quantitative estimate of drug-likeness (QED) is 0.329. The Morgan fingerprint density at radius 3 is 2.12 bits per heavy atom. The zero-order chi connectivity index (χ0) is 24.4. The molecule has 0 amide bonds. The first kappa shape index (κ1) is 25.0. The number of nitrogens with one attached hydrogen (secondary N) is 1. The van der Waals surface area contributed by atoms with Crippen LogP contribution in [-0.4, -0.2) is 24.1 Å². The normalized spacial score (nSPS) is 22.7. The maximum atomic E-state index is 13.2. The molecular weight excluding hydrogens is 454 g/mol. The second-order valence-electron chi connectivity index (χ2n) is 8.10. The molecule has 0 saturated carbocycles. The smallest absolute Gasteiger partial charge is 0.372 e. The number of rotatable bonds is 6. The third kappa shape index (κ3) is 5.83. The van der Waals surface area contributed by atoms with E-state index in [2.05, 4.69) is 5.32 Å². The highest BCUT2D eigenvalue weighted by atomic mass is 19.4. The fourth-order valence-electron chi connectivity index (χ4n) is 3.88. The van der Waals surface area contributed by atoms with Crippen LogP contribution >= 0.6 is 0 Å². The van der Waals surface area contributed by atoms with Crippen molar-refractivity contribution >= 4 is 0 Å². The van der Waals surface area contributed by atoms with Gasteiger partial charge in [-0.2, -0.15) is 26.3 Å². The summed E-state index contributed by atoms with van der Waals surface area (Å²) in [7, 11) is 0. The topological polar surface area (TPSA) is 64.4 Å². The fraction of sp³-hybridized carbons (Fsp3) is 0.455. The molecule has 0 aliphatic carbocycles. The standard InChI is InChI=1S/C22H22F6N2O3/c1-14(15-9-17(21(23,24)25)11-18(10-15)22(26,27)28)33-13-20(16-5-3-2-4-6-16)8-7-19(12-29-20)30(31)32/h2-6,9-11,14,19,29H,7-8,12-13H2,1H3/t14-,19+,20-/m1/s1. The lowest BCUT2D eigenvalue weighted by Crippen LogP contribution is -2.54. The van der Waals surface area contributed by atoms with E-state index < -0.39 is 41.2 Å². The second kappa shape index (κ2) is 9.30. The van der Waals surface area contributed by atoms with Gasteiger partial charge in [0.25, 0.3) is 0 Å². The van der Waals surface area contributed by atoms with Gasteiger partial charge in [0.2, 0.25) is 6.04 Å². The van der Waals surface area contributed by atoms with Crippen molar-refractivity contribution in [3.8, 4) is 0 Å². The van der Waals surface area contributed by atoms with Crippen molar-refractivity contribution < 1.29 is 36.0 Å². The van der Waals surface area contributed by atoms with Crippen LogP contribution in [0.1, 0.15) is 48.1 Å². The number of nitrogens with zero attached hydrogens (tertiary/aromatic N) is 1. The molecule has 1 N–H and O–H groups in total. The van der Waals surface area contributed by atoms with Gasteiger partial charge in [-0.15, -0.1) is 0 Å². The van der Waals surface area contributed by atoms with E-state index in [1.54, 1.807) is 30.3 Å². The molecule has 33 heavy (non-hydrogen) atoms. The monoisotopic (exact) mass is 476 g/mol. The third-order valence-electron chi connectivity index (χ3n) is 5.86. The Labute approximate surface area is 185 Å². The van der Waals surface area contributed by atoms with Crippen LogP contribution in [0.5, 0.6) is 0 Å². The molecule has 1 aliphatic heterocycles. The van der Waals surface area contributed by atoms with Crippen LogP contribution in [-0.2, 0) is 22.6 Å². The Balaban J connectivity index is 1.87. The van der Waals surface area contributed by atoms with E-state index in [1.807, 2.05) is 0 Å². The van der Waals surface area contributed by atoms with Gasteiger partial charge in [-0.3, -0.25) is 15.4 Å². The first-order valence-electron chi connectivity index (χ1n) is 10.2. The minimum atomic E-state index is -4.95. The van der Waals surface area contributed by atoms with Gasteiger partial charge in [0.15, 0.2) is 0 Å². The predicted molar refractivity (Wildman–Crippen MR) is 107 cm³/mol. The number of alkyl halides is 6. The van der Waals surface area contributed by atoms with Gasteiger partial charge in [-0.05, 0) is 42.7 Å². The molecule has 0 spiro atoms. The number of hydrogen-bond donors (Lipinski definition) is 1. The van der Waals surface area contributed by atoms with Crippen LogP contribution in [0.15, 0.2) is 48.5 Å². The molecule has 5 nitrogen and oxygen atoms in total. The van der Waals surface area contributed by atoms with Crippen molar-refractivity contribution in [2.45, 2.75) is 49.8 Å². The van der Waals surface area contributed by atoms with Crippen molar-refractivity contribution in [1.29, 1.82) is 0 Å². The van der Waals surface area contributed by atoms with E-state index in [-0.39, 0.29) is 36.1 Å². The summed E-state index contributed by atoms with van der Waals surface area (Å²) < 4.78 is 84.9. The van der Waals surface area contributed by atoms with Gasteiger partial charge in [-0.25, -0.2) is 0 Å². The molecule has 3 rings (SSSR count). The minimum absolute atomic E-state index is 0.0570. The molecule has 1 fully saturated rings. The highest BCUT2D eigenvalue weighted by Crippen LogP contribution is 2.39. The summed E-state index contributed by atoms with van der Waals surface area (Å²) >= 11 is 0. The van der Waals surface area contributed by atoms with Crippen LogP contribution in [0, 0.1) is 10.1 Å². The maximum Gasteiger partial charge on any atom is 0.416 e. The molecule has 2 aromatic rings. The molecule has 1 aliphatic rings. The van der Waals surface area contributed by atoms with Crippen molar-refractivity contribution in [2.24, 2.45) is 0 Å². The van der Waals surface area contributed by atoms with E-state index in [0.717, 1.165) is 5.56 Å². The zero-order valence-corrected chi connectivity index (χ0v) is 17.5. The van der Waals surface area contributed by atoms with Crippen LogP contribution < -0.4 is 5.32 Å². The lowest BCUT2D eigenvalue weighted by atomic mass is 9.81. The highest BCUT2D eigenvalue weighted by Gasteiger charge is 2.41. The summed E-state index contributed by atoms with van der Waals surface area (Å²) in [5.41, 5.74) is -3.19. The van der Waals surface area contributed by atoms with E-state index in [0.29, 0.717) is 18.6 Å². The molecule has 180 valence electrons. The van der Waals surface area contributed by atoms with E-state index in [1.165, 1.54) is 6.92 Å². The van der Waals surface area contributed by atoms with Gasteiger partial charge in [-0.1, -0.05) is 30.3 Å². The van der Waals surface area contributed by atoms with Crippen molar-refractivity contribution in [3.05, 3.63) is 80.9 Å². The SMILES string of the molecule is C[C@@H](OC[C@@]1(c2ccccc2)CC[C@H]([N+](=O)[O-])CN1)c1cc(C(F)(F)F)cc(C(F)(F)F)c1. The molecule has 2 aromatic carbocycles. The zero-order valence-electron chi connectivity index (χ0n) is 17.5. The molecule has 0 unspecified atom stereocenters. The number of halogens is 6. The van der Waals surface area contributed by atoms with Crippen molar-refractivity contribution in [1.82, 2.24) is 5.32 Å². The van der Waals surface area contributed by atoms with Crippen LogP contribution in [0.3, 0.4) is 0 Å². The van der Waals surface area contributed by atoms with Crippen molar-refractivity contribution in [3.63, 3.8) is 0 Å². The number of hydrogen-bond acceptors (Lipinski definition) is 4. The fourth-order valence-corrected chi connectivity index (χ4v) is 3.88. The molecular formula is C22H22F6N2O3. The number of ether oxygens (including phenoxy) is 1. The van der Waals surface area contributed by atoms with Gasteiger partial charge >= 0.3 is 12.4 Å². The molecule has 3 atom stereocenters. The Morgan fingerprint density at radius 2 is 1.67 bits per heavy atom. The summed E-state index contributed by atoms with van der Waals surface area (Å²) in [6.45, 7) is 1.33. The first-order chi connectivity index (χ1) is 15.3. The summed E-state index contributed by atoms with van der Waals surface area (Å²) in [6, 6.07) is 9.47. The number of piperidine rings is 1. The third-order valence-corrected chi connectivity index (χ3v) is 5.86. The Hall–Kier alpha value is -2.66. The lowest BCUT2D eigenvalue weighted by Gasteiger charge is -2.40. The van der Waals surface area contributed by atoms with Gasteiger partial charge in [0, 0.05) is 11.3 Å². The Kier molecular flexibility index (Phi) is 7.04. The van der Waals surface area contributed by atoms with E-state index in [9.17, 15) is 36.5 Å². The van der Waals surface area contributed by atoms with Crippen LogP contribution in [0.4, 0.5) is 26.3 Å². The molecule has 1 heterocycles. The molecule has 1 saturated heterocycles. The van der Waals surface area contributed by atoms with Gasteiger partial charge in [0.05, 0.1) is 35.9 Å². The molecule has 0 aromatic heterocycles. The molecule has 0 radical (unpaired) electrons. The van der Waals surface area contributed by atoms with E-state index in [4.69, 9.17) is 4.74 Å². The summed E-state index contributed by atoms with van der Waals surface area (Å²) in [5.74, 6) is 0. The summed E-state index contributed by atoms with van der Waals surface area (Å²) in [5, 5.41) is 14.3. The molecule has 0 bridgehead atoms. The van der Waals surface area contributed by atoms with Crippen LogP contribution in [0.2, 0.25) is 0 Å². The average Bonchev–Trinajstić information content (AvgIpc) is 2.76. The number of benzene rings is 2. The van der Waals surface area contributed by atoms with Crippen molar-refractivity contribution in [2.75, 3.05) is 13.2 Å². The minimum Gasteiger partial charge on any atom is -0.372 e. The lowest BCUT2D eigenvalue weighted by molar-refractivity contribution is -0.524.